The summed E-state index contributed by atoms with van der Waals surface area (Å²) in [7, 11) is 0. The molecule has 0 N–H and O–H groups in total. The monoisotopic (exact) mass is 314 g/mol. The molecule has 0 aromatic carbocycles. The Bertz CT molecular complexity index is 756. The summed E-state index contributed by atoms with van der Waals surface area (Å²) in [4.78, 5) is 13.2. The van der Waals surface area contributed by atoms with E-state index in [1.54, 1.807) is 18.3 Å². The first kappa shape index (κ1) is 14.6. The van der Waals surface area contributed by atoms with Crippen LogP contribution in [0.3, 0.4) is 0 Å². The molecule has 3 heterocycles. The van der Waals surface area contributed by atoms with Gasteiger partial charge in [-0.15, -0.1) is 5.10 Å². The van der Waals surface area contributed by atoms with E-state index in [0.717, 1.165) is 11.4 Å². The Hall–Kier alpha value is -2.35. The minimum Gasteiger partial charge on any atom is -0.338 e. The summed E-state index contributed by atoms with van der Waals surface area (Å²) >= 11 is 1.48. The molecular weight excluding hydrogens is 300 g/mol. The number of thioether (sulfide) groups is 1. The van der Waals surface area contributed by atoms with E-state index in [9.17, 15) is 0 Å². The molecule has 0 saturated carbocycles. The molecule has 0 saturated heterocycles. The Morgan fingerprint density at radius 3 is 2.59 bits per heavy atom. The predicted molar refractivity (Wildman–Crippen MR) is 81.1 cm³/mol. The molecule has 0 aliphatic heterocycles. The van der Waals surface area contributed by atoms with Crippen LogP contribution in [-0.2, 0) is 0 Å². The first-order valence-electron chi connectivity index (χ1n) is 6.72. The van der Waals surface area contributed by atoms with Gasteiger partial charge in [-0.1, -0.05) is 16.9 Å². The van der Waals surface area contributed by atoms with E-state index >= 15 is 0 Å². The second-order valence-electron chi connectivity index (χ2n) is 4.76. The SMILES string of the molecule is Cc1cc(C)nc(SC(C)c2nc(-c3cccnn3)no2)n1. The zero-order chi connectivity index (χ0) is 15.5. The zero-order valence-corrected chi connectivity index (χ0v) is 13.2. The van der Waals surface area contributed by atoms with Gasteiger partial charge in [-0.05, 0) is 39.0 Å². The van der Waals surface area contributed by atoms with Crippen LogP contribution in [0, 0.1) is 13.8 Å². The number of aromatic nitrogens is 6. The Morgan fingerprint density at radius 1 is 1.14 bits per heavy atom. The summed E-state index contributed by atoms with van der Waals surface area (Å²) in [5, 5.41) is 12.4. The van der Waals surface area contributed by atoms with Crippen LogP contribution < -0.4 is 0 Å². The molecule has 1 unspecified atom stereocenters. The highest BCUT2D eigenvalue weighted by Gasteiger charge is 2.18. The Morgan fingerprint density at radius 2 is 1.91 bits per heavy atom. The molecule has 22 heavy (non-hydrogen) atoms. The number of nitrogens with zero attached hydrogens (tertiary/aromatic N) is 6. The van der Waals surface area contributed by atoms with Crippen LogP contribution in [0.1, 0.15) is 29.5 Å². The van der Waals surface area contributed by atoms with E-state index in [4.69, 9.17) is 4.52 Å². The summed E-state index contributed by atoms with van der Waals surface area (Å²) in [6, 6.07) is 5.50. The summed E-state index contributed by atoms with van der Waals surface area (Å²) < 4.78 is 5.31. The predicted octanol–water partition coefficient (Wildman–Crippen LogP) is 2.79. The summed E-state index contributed by atoms with van der Waals surface area (Å²) in [5.74, 6) is 0.935. The van der Waals surface area contributed by atoms with Gasteiger partial charge in [0.2, 0.25) is 11.7 Å². The third-order valence-electron chi connectivity index (χ3n) is 2.83. The number of aryl methyl sites for hydroxylation is 2. The van der Waals surface area contributed by atoms with E-state index in [1.807, 2.05) is 26.8 Å². The smallest absolute Gasteiger partial charge is 0.240 e. The van der Waals surface area contributed by atoms with Crippen molar-refractivity contribution in [1.29, 1.82) is 0 Å². The quantitative estimate of drug-likeness (QED) is 0.536. The largest absolute Gasteiger partial charge is 0.338 e. The lowest BCUT2D eigenvalue weighted by Gasteiger charge is -2.06. The van der Waals surface area contributed by atoms with Crippen molar-refractivity contribution in [2.24, 2.45) is 0 Å². The van der Waals surface area contributed by atoms with Crippen molar-refractivity contribution < 1.29 is 4.52 Å². The molecule has 0 amide bonds. The molecule has 3 rings (SSSR count). The molecule has 0 fully saturated rings. The van der Waals surface area contributed by atoms with Crippen LogP contribution in [0.4, 0.5) is 0 Å². The van der Waals surface area contributed by atoms with Crippen LogP contribution in [-0.4, -0.2) is 30.3 Å². The molecular formula is C14H14N6OS. The lowest BCUT2D eigenvalue weighted by Crippen LogP contribution is -1.96. The van der Waals surface area contributed by atoms with Crippen molar-refractivity contribution in [3.05, 3.63) is 41.7 Å². The maximum Gasteiger partial charge on any atom is 0.240 e. The minimum atomic E-state index is -0.0564. The Labute approximate surface area is 131 Å². The standard InChI is InChI=1S/C14H14N6OS/c1-8-7-9(2)17-14(16-8)22-10(3)13-18-12(20-21-13)11-5-4-6-15-19-11/h4-7,10H,1-3H3. The average Bonchev–Trinajstić information content (AvgIpc) is 2.97. The number of hydrogen-bond donors (Lipinski definition) is 0. The Balaban J connectivity index is 1.78. The summed E-state index contributed by atoms with van der Waals surface area (Å²) in [6.45, 7) is 5.87. The van der Waals surface area contributed by atoms with E-state index < -0.39 is 0 Å². The summed E-state index contributed by atoms with van der Waals surface area (Å²) in [6.07, 6.45) is 1.60. The van der Waals surface area contributed by atoms with Gasteiger partial charge in [0.1, 0.15) is 5.69 Å². The summed E-state index contributed by atoms with van der Waals surface area (Å²) in [5.41, 5.74) is 2.46. The molecule has 0 bridgehead atoms. The van der Waals surface area contributed by atoms with Gasteiger partial charge in [-0.25, -0.2) is 9.97 Å². The molecule has 112 valence electrons. The van der Waals surface area contributed by atoms with Crippen molar-refractivity contribution in [3.8, 4) is 11.5 Å². The molecule has 8 heteroatoms. The molecule has 3 aromatic heterocycles. The molecule has 0 aliphatic carbocycles. The van der Waals surface area contributed by atoms with E-state index in [0.29, 0.717) is 22.6 Å². The second kappa shape index (κ2) is 6.18. The van der Waals surface area contributed by atoms with Crippen LogP contribution >= 0.6 is 11.8 Å². The highest BCUT2D eigenvalue weighted by atomic mass is 32.2. The third-order valence-corrected chi connectivity index (χ3v) is 3.78. The van der Waals surface area contributed by atoms with E-state index in [2.05, 4.69) is 30.3 Å². The molecule has 7 nitrogen and oxygen atoms in total. The maximum atomic E-state index is 5.31. The van der Waals surface area contributed by atoms with Crippen LogP contribution in [0.2, 0.25) is 0 Å². The Kier molecular flexibility index (Phi) is 4.10. The first-order valence-corrected chi connectivity index (χ1v) is 7.60. The second-order valence-corrected chi connectivity index (χ2v) is 6.07. The zero-order valence-electron chi connectivity index (χ0n) is 12.4. The van der Waals surface area contributed by atoms with E-state index in [-0.39, 0.29) is 5.25 Å². The maximum absolute atomic E-state index is 5.31. The van der Waals surface area contributed by atoms with Gasteiger partial charge < -0.3 is 4.52 Å². The van der Waals surface area contributed by atoms with Gasteiger partial charge in [0.05, 0.1) is 5.25 Å². The minimum absolute atomic E-state index is 0.0564. The number of hydrogen-bond acceptors (Lipinski definition) is 8. The lowest BCUT2D eigenvalue weighted by molar-refractivity contribution is 0.380. The molecule has 0 aliphatic rings. The molecule has 0 radical (unpaired) electrons. The average molecular weight is 314 g/mol. The molecule has 1 atom stereocenters. The van der Waals surface area contributed by atoms with Crippen LogP contribution in [0.15, 0.2) is 34.1 Å². The lowest BCUT2D eigenvalue weighted by atomic mass is 10.4. The normalized spacial score (nSPS) is 12.3. The van der Waals surface area contributed by atoms with Crippen molar-refractivity contribution in [2.75, 3.05) is 0 Å². The molecule has 0 spiro atoms. The van der Waals surface area contributed by atoms with Crippen molar-refractivity contribution in [3.63, 3.8) is 0 Å². The van der Waals surface area contributed by atoms with Crippen LogP contribution in [0.5, 0.6) is 0 Å². The van der Waals surface area contributed by atoms with Gasteiger partial charge in [0.25, 0.3) is 0 Å². The van der Waals surface area contributed by atoms with Gasteiger partial charge in [-0.2, -0.15) is 10.1 Å². The van der Waals surface area contributed by atoms with Crippen molar-refractivity contribution in [1.82, 2.24) is 30.3 Å². The van der Waals surface area contributed by atoms with Gasteiger partial charge in [-0.3, -0.25) is 0 Å². The fourth-order valence-corrected chi connectivity index (χ4v) is 2.79. The van der Waals surface area contributed by atoms with Crippen LogP contribution in [0.25, 0.3) is 11.5 Å². The highest BCUT2D eigenvalue weighted by Crippen LogP contribution is 2.32. The fourth-order valence-electron chi connectivity index (χ4n) is 1.88. The van der Waals surface area contributed by atoms with E-state index in [1.165, 1.54) is 11.8 Å². The van der Waals surface area contributed by atoms with Crippen molar-refractivity contribution >= 4 is 11.8 Å². The third kappa shape index (κ3) is 3.28. The first-order chi connectivity index (χ1) is 10.6. The van der Waals surface area contributed by atoms with Gasteiger partial charge >= 0.3 is 0 Å². The highest BCUT2D eigenvalue weighted by molar-refractivity contribution is 7.99. The number of rotatable bonds is 4. The topological polar surface area (TPSA) is 90.5 Å². The van der Waals surface area contributed by atoms with Gasteiger partial charge in [0, 0.05) is 17.6 Å². The van der Waals surface area contributed by atoms with Gasteiger partial charge in [0.15, 0.2) is 5.16 Å². The molecule has 3 aromatic rings. The fraction of sp³-hybridized carbons (Fsp3) is 0.286. The van der Waals surface area contributed by atoms with Crippen molar-refractivity contribution in [2.45, 2.75) is 31.2 Å².